The smallest absolute Gasteiger partial charge is 0.247 e. The van der Waals surface area contributed by atoms with Gasteiger partial charge in [0.1, 0.15) is 6.61 Å². The fourth-order valence-electron chi connectivity index (χ4n) is 0.784. The Bertz CT molecular complexity index is 111. The zero-order valence-corrected chi connectivity index (χ0v) is 9.73. The summed E-state index contributed by atoms with van der Waals surface area (Å²) in [5, 5.41) is -0.461. The van der Waals surface area contributed by atoms with Crippen molar-refractivity contribution in [2.75, 3.05) is 33.4 Å². The first kappa shape index (κ1) is 15.4. The molecule has 13 heavy (non-hydrogen) atoms. The molecule has 0 unspecified atom stereocenters. The minimum atomic E-state index is -0.461. The lowest BCUT2D eigenvalue weighted by atomic mass is 10.5. The Morgan fingerprint density at radius 1 is 1.23 bits per heavy atom. The summed E-state index contributed by atoms with van der Waals surface area (Å²) in [6.07, 6.45) is 0. The van der Waals surface area contributed by atoms with Crippen molar-refractivity contribution < 1.29 is 9.53 Å². The van der Waals surface area contributed by atoms with Gasteiger partial charge in [0.25, 0.3) is 0 Å². The van der Waals surface area contributed by atoms with E-state index in [1.807, 2.05) is 0 Å². The van der Waals surface area contributed by atoms with E-state index in [-0.39, 0.29) is 6.61 Å². The number of hydrogen-bond donors (Lipinski definition) is 0. The van der Waals surface area contributed by atoms with Gasteiger partial charge in [-0.25, -0.2) is 0 Å². The Balaban J connectivity index is 0. The van der Waals surface area contributed by atoms with Crippen LogP contribution in [0.25, 0.3) is 0 Å². The molecule has 0 radical (unpaired) electrons. The Labute approximate surface area is 86.0 Å². The van der Waals surface area contributed by atoms with Gasteiger partial charge in [0.05, 0.1) is 0 Å². The highest BCUT2D eigenvalue weighted by Gasteiger charge is 1.89. The number of rotatable bonds is 5. The minimum absolute atomic E-state index is 0.00154. The van der Waals surface area contributed by atoms with E-state index in [9.17, 15) is 4.79 Å². The van der Waals surface area contributed by atoms with Crippen LogP contribution in [0.15, 0.2) is 0 Å². The molecule has 0 saturated carbocycles. The van der Waals surface area contributed by atoms with Crippen molar-refractivity contribution in [1.29, 1.82) is 0 Å². The molecule has 0 aromatic carbocycles. The molecule has 0 saturated heterocycles. The lowest BCUT2D eigenvalue weighted by molar-refractivity contribution is -0.114. The minimum Gasteiger partial charge on any atom is -0.376 e. The van der Waals surface area contributed by atoms with Crippen molar-refractivity contribution in [2.45, 2.75) is 20.8 Å². The number of nitrogens with zero attached hydrogens (tertiary/aromatic N) is 1. The summed E-state index contributed by atoms with van der Waals surface area (Å²) < 4.78 is 4.32. The van der Waals surface area contributed by atoms with Crippen LogP contribution in [0.5, 0.6) is 0 Å². The van der Waals surface area contributed by atoms with Gasteiger partial charge in [0.2, 0.25) is 5.24 Å². The molecule has 0 bridgehead atoms. The molecule has 0 rings (SSSR count). The molecule has 0 aliphatic carbocycles. The van der Waals surface area contributed by atoms with E-state index in [0.29, 0.717) is 0 Å². The van der Waals surface area contributed by atoms with E-state index in [2.05, 4.69) is 30.4 Å². The van der Waals surface area contributed by atoms with Gasteiger partial charge in [-0.15, -0.1) is 0 Å². The highest BCUT2D eigenvalue weighted by Crippen LogP contribution is 1.81. The van der Waals surface area contributed by atoms with E-state index in [0.717, 1.165) is 0 Å². The second kappa shape index (κ2) is 11.9. The van der Waals surface area contributed by atoms with E-state index in [1.165, 1.54) is 26.7 Å². The van der Waals surface area contributed by atoms with Crippen LogP contribution in [0.2, 0.25) is 0 Å². The average molecular weight is 210 g/mol. The SMILES string of the molecule is CCN(CC)CC.COCC(=O)Cl. The number of hydrogen-bond acceptors (Lipinski definition) is 3. The Morgan fingerprint density at radius 3 is 1.62 bits per heavy atom. The van der Waals surface area contributed by atoms with Gasteiger partial charge in [0, 0.05) is 7.11 Å². The van der Waals surface area contributed by atoms with Crippen LogP contribution in [-0.4, -0.2) is 43.5 Å². The second-order valence-corrected chi connectivity index (χ2v) is 2.83. The summed E-state index contributed by atoms with van der Waals surface area (Å²) in [6, 6.07) is 0. The van der Waals surface area contributed by atoms with Crippen molar-refractivity contribution in [1.82, 2.24) is 4.90 Å². The van der Waals surface area contributed by atoms with Gasteiger partial charge in [-0.3, -0.25) is 4.79 Å². The molecule has 0 N–H and O–H groups in total. The molecule has 0 atom stereocenters. The third-order valence-electron chi connectivity index (χ3n) is 1.60. The molecule has 0 spiro atoms. The summed E-state index contributed by atoms with van der Waals surface area (Å²) in [5.74, 6) is 0. The van der Waals surface area contributed by atoms with Crippen LogP contribution >= 0.6 is 11.6 Å². The highest BCUT2D eigenvalue weighted by molar-refractivity contribution is 6.63. The summed E-state index contributed by atoms with van der Waals surface area (Å²) in [5.41, 5.74) is 0. The summed E-state index contributed by atoms with van der Waals surface area (Å²) >= 11 is 4.81. The Morgan fingerprint density at radius 2 is 1.62 bits per heavy atom. The van der Waals surface area contributed by atoms with E-state index < -0.39 is 5.24 Å². The zero-order chi connectivity index (χ0) is 10.7. The first-order valence-corrected chi connectivity index (χ1v) is 4.89. The molecule has 0 heterocycles. The topological polar surface area (TPSA) is 29.5 Å². The zero-order valence-electron chi connectivity index (χ0n) is 8.97. The monoisotopic (exact) mass is 209 g/mol. The van der Waals surface area contributed by atoms with Gasteiger partial charge in [-0.1, -0.05) is 20.8 Å². The quantitative estimate of drug-likeness (QED) is 0.647. The standard InChI is InChI=1S/C6H15N.C3H5ClO2/c1-4-7(5-2)6-3;1-6-2-3(4)5/h4-6H2,1-3H3;2H2,1H3. The Kier molecular flexibility index (Phi) is 14.0. The van der Waals surface area contributed by atoms with E-state index in [1.54, 1.807) is 0 Å². The molecular formula is C9H20ClNO2. The van der Waals surface area contributed by atoms with E-state index >= 15 is 0 Å². The lowest BCUT2D eigenvalue weighted by Gasteiger charge is -2.13. The summed E-state index contributed by atoms with van der Waals surface area (Å²) in [7, 11) is 1.42. The second-order valence-electron chi connectivity index (χ2n) is 2.41. The number of methoxy groups -OCH3 is 1. The first-order valence-electron chi connectivity index (χ1n) is 4.51. The maximum Gasteiger partial charge on any atom is 0.247 e. The van der Waals surface area contributed by atoms with Crippen LogP contribution in [0.3, 0.4) is 0 Å². The summed E-state index contributed by atoms with van der Waals surface area (Å²) in [6.45, 7) is 10.1. The molecule has 0 aliphatic heterocycles. The predicted molar refractivity (Wildman–Crippen MR) is 56.2 cm³/mol. The van der Waals surface area contributed by atoms with Crippen molar-refractivity contribution >= 4 is 16.8 Å². The predicted octanol–water partition coefficient (Wildman–Crippen LogP) is 1.75. The van der Waals surface area contributed by atoms with Crippen LogP contribution in [0, 0.1) is 0 Å². The first-order chi connectivity index (χ1) is 6.12. The number of carbonyl (C=O) groups excluding carboxylic acids is 1. The van der Waals surface area contributed by atoms with E-state index in [4.69, 9.17) is 11.6 Å². The van der Waals surface area contributed by atoms with Crippen molar-refractivity contribution in [2.24, 2.45) is 0 Å². The lowest BCUT2D eigenvalue weighted by Crippen LogP contribution is -2.21. The fourth-order valence-corrected chi connectivity index (χ4v) is 0.893. The van der Waals surface area contributed by atoms with Gasteiger partial charge >= 0.3 is 0 Å². The fraction of sp³-hybridized carbons (Fsp3) is 0.889. The van der Waals surface area contributed by atoms with Crippen molar-refractivity contribution in [3.05, 3.63) is 0 Å². The largest absolute Gasteiger partial charge is 0.376 e. The maximum absolute atomic E-state index is 9.68. The third kappa shape index (κ3) is 14.7. The van der Waals surface area contributed by atoms with Crippen LogP contribution in [0.4, 0.5) is 0 Å². The molecule has 0 amide bonds. The maximum atomic E-state index is 9.68. The van der Waals surface area contributed by atoms with Gasteiger partial charge in [-0.2, -0.15) is 0 Å². The van der Waals surface area contributed by atoms with Gasteiger partial charge in [-0.05, 0) is 31.2 Å². The summed E-state index contributed by atoms with van der Waals surface area (Å²) in [4.78, 5) is 12.1. The molecule has 4 heteroatoms. The molecular weight excluding hydrogens is 190 g/mol. The number of ether oxygens (including phenoxy) is 1. The third-order valence-corrected chi connectivity index (χ3v) is 1.71. The van der Waals surface area contributed by atoms with Crippen LogP contribution in [-0.2, 0) is 9.53 Å². The van der Waals surface area contributed by atoms with Crippen LogP contribution in [0.1, 0.15) is 20.8 Å². The van der Waals surface area contributed by atoms with Crippen molar-refractivity contribution in [3.8, 4) is 0 Å². The van der Waals surface area contributed by atoms with Crippen molar-refractivity contribution in [3.63, 3.8) is 0 Å². The Hall–Kier alpha value is -0.120. The van der Waals surface area contributed by atoms with Gasteiger partial charge in [0.15, 0.2) is 0 Å². The molecule has 0 aromatic heterocycles. The molecule has 80 valence electrons. The molecule has 3 nitrogen and oxygen atoms in total. The average Bonchev–Trinajstić information content (AvgIpc) is 2.08. The molecule has 0 aromatic rings. The normalized spacial score (nSPS) is 9.38. The highest BCUT2D eigenvalue weighted by atomic mass is 35.5. The number of halogens is 1. The van der Waals surface area contributed by atoms with Crippen LogP contribution < -0.4 is 0 Å². The molecule has 0 aliphatic rings. The molecule has 0 fully saturated rings. The number of carbonyl (C=O) groups is 1. The van der Waals surface area contributed by atoms with Gasteiger partial charge < -0.3 is 9.64 Å².